The predicted molar refractivity (Wildman–Crippen MR) is 78.9 cm³/mol. The van der Waals surface area contributed by atoms with Crippen LogP contribution in [0.4, 0.5) is 0 Å². The Morgan fingerprint density at radius 3 is 2.67 bits per heavy atom. The second-order valence-corrected chi connectivity index (χ2v) is 5.21. The number of halogens is 3. The minimum atomic E-state index is -0.595. The van der Waals surface area contributed by atoms with Crippen LogP contribution < -0.4 is 5.73 Å². The summed E-state index contributed by atoms with van der Waals surface area (Å²) in [6.45, 7) is 2.05. The molecule has 3 N–H and O–H groups in total. The number of esters is 1. The number of benzene rings is 1. The number of aromatic hydroxyl groups is 1. The van der Waals surface area contributed by atoms with Gasteiger partial charge in [-0.05, 0) is 35.0 Å². The smallest absolute Gasteiger partial charge is 0.307 e. The molecule has 1 rings (SSSR count). The topological polar surface area (TPSA) is 72.5 Å². The number of phenolic OH excluding ortho intramolecular Hbond substituents is 1. The highest BCUT2D eigenvalue weighted by Crippen LogP contribution is 2.35. The summed E-state index contributed by atoms with van der Waals surface area (Å²) in [5, 5.41) is 9.84. The Balaban J connectivity index is 0.00000289. The van der Waals surface area contributed by atoms with Crippen molar-refractivity contribution in [3.63, 3.8) is 0 Å². The molecule has 1 aromatic carbocycles. The Hall–Kier alpha value is -0.300. The van der Waals surface area contributed by atoms with Gasteiger partial charge in [0.25, 0.3) is 0 Å². The molecule has 0 aliphatic carbocycles. The highest BCUT2D eigenvalue weighted by molar-refractivity contribution is 9.11. The number of hydrogen-bond acceptors (Lipinski definition) is 4. The largest absolute Gasteiger partial charge is 0.506 e. The summed E-state index contributed by atoms with van der Waals surface area (Å²) in [7, 11) is 0. The van der Waals surface area contributed by atoms with Crippen LogP contribution in [0.2, 0.25) is 0 Å². The van der Waals surface area contributed by atoms with Gasteiger partial charge in [0.05, 0.1) is 17.5 Å². The first-order valence-electron chi connectivity index (χ1n) is 5.04. The average molecular weight is 403 g/mol. The molecule has 1 aromatic rings. The lowest BCUT2D eigenvalue weighted by molar-refractivity contribution is -0.143. The van der Waals surface area contributed by atoms with E-state index < -0.39 is 6.04 Å². The number of hydrogen-bond donors (Lipinski definition) is 2. The highest BCUT2D eigenvalue weighted by Gasteiger charge is 2.18. The van der Waals surface area contributed by atoms with Crippen molar-refractivity contribution < 1.29 is 14.6 Å². The molecule has 0 saturated heterocycles. The molecule has 0 unspecified atom stereocenters. The van der Waals surface area contributed by atoms with E-state index in [0.29, 0.717) is 16.6 Å². The van der Waals surface area contributed by atoms with Gasteiger partial charge < -0.3 is 15.6 Å². The molecule has 0 fully saturated rings. The summed E-state index contributed by atoms with van der Waals surface area (Å²) in [5.41, 5.74) is 6.36. The van der Waals surface area contributed by atoms with Gasteiger partial charge in [-0.25, -0.2) is 0 Å². The summed E-state index contributed by atoms with van der Waals surface area (Å²) < 4.78 is 6.11. The molecule has 0 saturated carbocycles. The average Bonchev–Trinajstić information content (AvgIpc) is 2.23. The van der Waals surface area contributed by atoms with E-state index in [1.807, 2.05) is 0 Å². The molecule has 0 aliphatic heterocycles. The van der Waals surface area contributed by atoms with Gasteiger partial charge in [0, 0.05) is 16.1 Å². The van der Waals surface area contributed by atoms with E-state index in [1.165, 1.54) is 0 Å². The van der Waals surface area contributed by atoms with E-state index in [4.69, 9.17) is 10.5 Å². The molecule has 0 aromatic heterocycles. The lowest BCUT2D eigenvalue weighted by Gasteiger charge is -2.14. The van der Waals surface area contributed by atoms with Crippen molar-refractivity contribution in [3.8, 4) is 5.75 Å². The number of rotatable bonds is 4. The molecule has 0 aliphatic rings. The molecular formula is C11H14Br2ClNO3. The van der Waals surface area contributed by atoms with Gasteiger partial charge in [-0.3, -0.25) is 4.79 Å². The molecule has 18 heavy (non-hydrogen) atoms. The molecule has 1 atom stereocenters. The van der Waals surface area contributed by atoms with Gasteiger partial charge in [-0.1, -0.05) is 15.9 Å². The van der Waals surface area contributed by atoms with E-state index in [-0.39, 0.29) is 30.5 Å². The molecule has 4 nitrogen and oxygen atoms in total. The quantitative estimate of drug-likeness (QED) is 0.757. The van der Waals surface area contributed by atoms with Crippen LogP contribution in [0.1, 0.15) is 24.9 Å². The van der Waals surface area contributed by atoms with Crippen molar-refractivity contribution in [2.24, 2.45) is 5.73 Å². The van der Waals surface area contributed by atoms with Crippen molar-refractivity contribution in [2.75, 3.05) is 6.61 Å². The number of carbonyl (C=O) groups is 1. The van der Waals surface area contributed by atoms with Crippen molar-refractivity contribution in [1.29, 1.82) is 0 Å². The fourth-order valence-electron chi connectivity index (χ4n) is 1.38. The first-order valence-corrected chi connectivity index (χ1v) is 6.63. The first kappa shape index (κ1) is 17.7. The molecule has 0 amide bonds. The van der Waals surface area contributed by atoms with Crippen LogP contribution in [0, 0.1) is 0 Å². The molecule has 0 bridgehead atoms. The van der Waals surface area contributed by atoms with Gasteiger partial charge in [0.15, 0.2) is 0 Å². The van der Waals surface area contributed by atoms with E-state index in [1.54, 1.807) is 19.1 Å². The molecule has 102 valence electrons. The molecule has 0 spiro atoms. The zero-order valence-corrected chi connectivity index (χ0v) is 13.6. The third kappa shape index (κ3) is 4.76. The van der Waals surface area contributed by atoms with Crippen LogP contribution in [-0.4, -0.2) is 17.7 Å². The Kier molecular flexibility index (Phi) is 7.86. The fourth-order valence-corrected chi connectivity index (χ4v) is 2.64. The van der Waals surface area contributed by atoms with Crippen molar-refractivity contribution in [2.45, 2.75) is 19.4 Å². The summed E-state index contributed by atoms with van der Waals surface area (Å²) >= 11 is 6.51. The minimum absolute atomic E-state index is 0. The Morgan fingerprint density at radius 2 is 2.11 bits per heavy atom. The van der Waals surface area contributed by atoms with E-state index in [9.17, 15) is 9.90 Å². The van der Waals surface area contributed by atoms with Crippen LogP contribution in [-0.2, 0) is 9.53 Å². The fraction of sp³-hybridized carbons (Fsp3) is 0.364. The maximum Gasteiger partial charge on any atom is 0.307 e. The van der Waals surface area contributed by atoms with Gasteiger partial charge in [0.2, 0.25) is 0 Å². The number of carbonyl (C=O) groups excluding carboxylic acids is 1. The maximum atomic E-state index is 11.3. The standard InChI is InChI=1S/C11H13Br2NO3.ClH/c1-2-17-10(15)5-9(14)7-3-6(12)4-8(13)11(7)16;/h3-4,9,16H,2,5,14H2,1H3;1H/t9-;/m1./s1. The SMILES string of the molecule is CCOC(=O)C[C@@H](N)c1cc(Br)cc(Br)c1O.Cl. The maximum absolute atomic E-state index is 11.3. The van der Waals surface area contributed by atoms with Gasteiger partial charge in [-0.15, -0.1) is 12.4 Å². The number of ether oxygens (including phenoxy) is 1. The lowest BCUT2D eigenvalue weighted by Crippen LogP contribution is -2.17. The highest BCUT2D eigenvalue weighted by atomic mass is 79.9. The van der Waals surface area contributed by atoms with Gasteiger partial charge >= 0.3 is 5.97 Å². The van der Waals surface area contributed by atoms with Crippen LogP contribution in [0.15, 0.2) is 21.1 Å². The molecular weight excluding hydrogens is 389 g/mol. The molecule has 7 heteroatoms. The Labute approximate surface area is 129 Å². The zero-order chi connectivity index (χ0) is 13.0. The van der Waals surface area contributed by atoms with E-state index >= 15 is 0 Å². The van der Waals surface area contributed by atoms with E-state index in [0.717, 1.165) is 4.47 Å². The molecule has 0 heterocycles. The summed E-state index contributed by atoms with van der Waals surface area (Å²) in [5.74, 6) is -0.333. The van der Waals surface area contributed by atoms with E-state index in [2.05, 4.69) is 31.9 Å². The number of phenols is 1. The van der Waals surface area contributed by atoms with Crippen molar-refractivity contribution in [3.05, 3.63) is 26.6 Å². The van der Waals surface area contributed by atoms with Crippen molar-refractivity contribution in [1.82, 2.24) is 0 Å². The van der Waals surface area contributed by atoms with Gasteiger partial charge in [-0.2, -0.15) is 0 Å². The third-order valence-electron chi connectivity index (χ3n) is 2.15. The first-order chi connectivity index (χ1) is 7.95. The monoisotopic (exact) mass is 401 g/mol. The lowest BCUT2D eigenvalue weighted by atomic mass is 10.0. The second kappa shape index (κ2) is 7.99. The van der Waals surface area contributed by atoms with Crippen LogP contribution in [0.5, 0.6) is 5.75 Å². The summed E-state index contributed by atoms with van der Waals surface area (Å²) in [6.07, 6.45) is 0.0320. The molecule has 0 radical (unpaired) electrons. The summed E-state index contributed by atoms with van der Waals surface area (Å²) in [4.78, 5) is 11.3. The predicted octanol–water partition coefficient (Wildman–Crippen LogP) is 3.29. The Morgan fingerprint density at radius 1 is 1.50 bits per heavy atom. The normalized spacial score (nSPS) is 11.6. The van der Waals surface area contributed by atoms with Crippen LogP contribution in [0.3, 0.4) is 0 Å². The zero-order valence-electron chi connectivity index (χ0n) is 9.65. The van der Waals surface area contributed by atoms with Crippen LogP contribution >= 0.6 is 44.3 Å². The number of nitrogens with two attached hydrogens (primary N) is 1. The van der Waals surface area contributed by atoms with Gasteiger partial charge in [0.1, 0.15) is 5.75 Å². The summed E-state index contributed by atoms with van der Waals surface area (Å²) in [6, 6.07) is 2.79. The Bertz CT molecular complexity index is 429. The van der Waals surface area contributed by atoms with Crippen molar-refractivity contribution >= 4 is 50.2 Å². The van der Waals surface area contributed by atoms with Crippen LogP contribution in [0.25, 0.3) is 0 Å². The third-order valence-corrected chi connectivity index (χ3v) is 3.21. The second-order valence-electron chi connectivity index (χ2n) is 3.44. The minimum Gasteiger partial charge on any atom is -0.506 e.